The summed E-state index contributed by atoms with van der Waals surface area (Å²) in [5, 5.41) is 0. The fraction of sp³-hybridized carbons (Fsp3) is 0.462. The van der Waals surface area contributed by atoms with Crippen LogP contribution in [0.2, 0.25) is 0 Å². The summed E-state index contributed by atoms with van der Waals surface area (Å²) in [6, 6.07) is 0. The van der Waals surface area contributed by atoms with Crippen LogP contribution in [0, 0.1) is 0 Å². The minimum absolute atomic E-state index is 0.163. The maximum atomic E-state index is 12.2. The summed E-state index contributed by atoms with van der Waals surface area (Å²) < 4.78 is 0. The Labute approximate surface area is 101 Å². The minimum atomic E-state index is 0.163. The molecule has 3 heteroatoms. The van der Waals surface area contributed by atoms with E-state index >= 15 is 0 Å². The molecule has 0 saturated carbocycles. The average molecular weight is 235 g/mol. The van der Waals surface area contributed by atoms with E-state index in [4.69, 9.17) is 0 Å². The van der Waals surface area contributed by atoms with Crippen molar-refractivity contribution in [3.63, 3.8) is 0 Å². The number of carbonyl (C=O) groups excluding carboxylic acids is 1. The van der Waals surface area contributed by atoms with Gasteiger partial charge in [0, 0.05) is 12.2 Å². The van der Waals surface area contributed by atoms with Gasteiger partial charge in [-0.15, -0.1) is 18.3 Å². The summed E-state index contributed by atoms with van der Waals surface area (Å²) in [6.07, 6.45) is 10.5. The first kappa shape index (κ1) is 11.5. The number of amides is 1. The van der Waals surface area contributed by atoms with Crippen LogP contribution in [-0.2, 0) is 4.79 Å². The van der Waals surface area contributed by atoms with Crippen molar-refractivity contribution >= 4 is 17.7 Å². The lowest BCUT2D eigenvalue weighted by atomic mass is 10.1. The number of fused-ring (bicyclic) bond motifs is 1. The second kappa shape index (κ2) is 4.91. The van der Waals surface area contributed by atoms with E-state index in [-0.39, 0.29) is 5.91 Å². The molecule has 0 bridgehead atoms. The first-order valence-electron chi connectivity index (χ1n) is 5.70. The highest BCUT2D eigenvalue weighted by atomic mass is 32.2. The molecule has 1 aliphatic heterocycles. The molecule has 1 amide bonds. The lowest BCUT2D eigenvalue weighted by Gasteiger charge is -2.17. The van der Waals surface area contributed by atoms with Gasteiger partial charge in [0.2, 0.25) is 0 Å². The molecule has 2 nitrogen and oxygen atoms in total. The molecular formula is C13H17NOS. The van der Waals surface area contributed by atoms with E-state index in [1.165, 1.54) is 18.4 Å². The average Bonchev–Trinajstić information content (AvgIpc) is 2.48. The number of allylic oxidation sites excluding steroid dienone is 2. The molecule has 2 aliphatic rings. The summed E-state index contributed by atoms with van der Waals surface area (Å²) >= 11 is 1.58. The maximum absolute atomic E-state index is 12.2. The Morgan fingerprint density at radius 1 is 1.56 bits per heavy atom. The van der Waals surface area contributed by atoms with Gasteiger partial charge in [-0.05, 0) is 37.5 Å². The summed E-state index contributed by atoms with van der Waals surface area (Å²) in [7, 11) is 0. The molecule has 0 aromatic rings. The lowest BCUT2D eigenvalue weighted by molar-refractivity contribution is -0.123. The van der Waals surface area contributed by atoms with Crippen molar-refractivity contribution in [1.82, 2.24) is 4.90 Å². The smallest absolute Gasteiger partial charge is 0.265 e. The van der Waals surface area contributed by atoms with Crippen LogP contribution < -0.4 is 0 Å². The molecule has 0 saturated heterocycles. The van der Waals surface area contributed by atoms with Crippen LogP contribution in [0.1, 0.15) is 25.7 Å². The van der Waals surface area contributed by atoms with Gasteiger partial charge in [-0.25, -0.2) is 0 Å². The van der Waals surface area contributed by atoms with Gasteiger partial charge in [-0.2, -0.15) is 0 Å². The van der Waals surface area contributed by atoms with E-state index in [1.807, 2.05) is 11.2 Å². The molecule has 2 rings (SSSR count). The fourth-order valence-electron chi connectivity index (χ4n) is 2.32. The normalized spacial score (nSPS) is 20.7. The molecule has 0 N–H and O–H groups in total. The lowest BCUT2D eigenvalue weighted by Crippen LogP contribution is -2.25. The maximum Gasteiger partial charge on any atom is 0.265 e. The van der Waals surface area contributed by atoms with E-state index in [0.29, 0.717) is 6.54 Å². The van der Waals surface area contributed by atoms with Gasteiger partial charge in [0.05, 0.1) is 4.91 Å². The highest BCUT2D eigenvalue weighted by molar-refractivity contribution is 8.03. The van der Waals surface area contributed by atoms with E-state index in [1.54, 1.807) is 17.8 Å². The topological polar surface area (TPSA) is 20.3 Å². The van der Waals surface area contributed by atoms with Gasteiger partial charge >= 0.3 is 0 Å². The van der Waals surface area contributed by atoms with E-state index < -0.39 is 0 Å². The summed E-state index contributed by atoms with van der Waals surface area (Å²) in [4.78, 5) is 15.0. The first-order chi connectivity index (χ1) is 7.79. The molecule has 1 heterocycles. The van der Waals surface area contributed by atoms with Gasteiger partial charge in [-0.3, -0.25) is 4.79 Å². The molecule has 0 radical (unpaired) electrons. The molecule has 0 aromatic heterocycles. The standard InChI is InChI=1S/C13H17NOS/c1-3-9-14-11-8-6-4-5-7-10(11)12(16-2)13(14)15/h3,8H,1,4-7,9H2,2H3. The zero-order valence-corrected chi connectivity index (χ0v) is 10.5. The third-order valence-corrected chi connectivity index (χ3v) is 3.88. The Balaban J connectivity index is 2.39. The molecule has 0 unspecified atom stereocenters. The second-order valence-corrected chi connectivity index (χ2v) is 4.87. The third kappa shape index (κ3) is 1.84. The van der Waals surface area contributed by atoms with Gasteiger partial charge in [0.25, 0.3) is 5.91 Å². The Bertz CT molecular complexity index is 381. The quantitative estimate of drug-likeness (QED) is 0.701. The summed E-state index contributed by atoms with van der Waals surface area (Å²) in [6.45, 7) is 4.35. The van der Waals surface area contributed by atoms with Gasteiger partial charge in [0.1, 0.15) is 0 Å². The molecule has 0 atom stereocenters. The van der Waals surface area contributed by atoms with Gasteiger partial charge < -0.3 is 4.90 Å². The molecule has 0 fully saturated rings. The van der Waals surface area contributed by atoms with Crippen LogP contribution in [0.4, 0.5) is 0 Å². The molecule has 0 aromatic carbocycles. The van der Waals surface area contributed by atoms with Crippen molar-refractivity contribution in [3.05, 3.63) is 34.9 Å². The number of thioether (sulfide) groups is 1. The van der Waals surface area contributed by atoms with E-state index in [2.05, 4.69) is 12.7 Å². The van der Waals surface area contributed by atoms with Crippen LogP contribution in [0.25, 0.3) is 0 Å². The number of nitrogens with zero attached hydrogens (tertiary/aromatic N) is 1. The number of carbonyl (C=O) groups is 1. The predicted molar refractivity (Wildman–Crippen MR) is 69.0 cm³/mol. The number of hydrogen-bond acceptors (Lipinski definition) is 2. The number of hydrogen-bond donors (Lipinski definition) is 0. The monoisotopic (exact) mass is 235 g/mol. The van der Waals surface area contributed by atoms with Crippen LogP contribution in [0.15, 0.2) is 34.9 Å². The molecule has 1 aliphatic carbocycles. The SMILES string of the molecule is C=CCN1C(=O)C(SC)=C2CCCCC=C21. The highest BCUT2D eigenvalue weighted by Gasteiger charge is 2.33. The van der Waals surface area contributed by atoms with Gasteiger partial charge in [0.15, 0.2) is 0 Å². The van der Waals surface area contributed by atoms with Gasteiger partial charge in [-0.1, -0.05) is 12.2 Å². The molecule has 86 valence electrons. The Kier molecular flexibility index (Phi) is 3.54. The minimum Gasteiger partial charge on any atom is -0.304 e. The molecule has 16 heavy (non-hydrogen) atoms. The first-order valence-corrected chi connectivity index (χ1v) is 6.92. The molecule has 0 spiro atoms. The Morgan fingerprint density at radius 3 is 3.06 bits per heavy atom. The highest BCUT2D eigenvalue weighted by Crippen LogP contribution is 2.39. The van der Waals surface area contributed by atoms with E-state index in [9.17, 15) is 4.79 Å². The van der Waals surface area contributed by atoms with Crippen molar-refractivity contribution < 1.29 is 4.79 Å². The second-order valence-electron chi connectivity index (χ2n) is 4.05. The zero-order valence-electron chi connectivity index (χ0n) is 9.66. The van der Waals surface area contributed by atoms with Crippen molar-refractivity contribution in [2.45, 2.75) is 25.7 Å². The van der Waals surface area contributed by atoms with Crippen molar-refractivity contribution in [2.24, 2.45) is 0 Å². The number of rotatable bonds is 3. The largest absolute Gasteiger partial charge is 0.304 e. The summed E-state index contributed by atoms with van der Waals surface area (Å²) in [5.41, 5.74) is 2.41. The Morgan fingerprint density at radius 2 is 2.38 bits per heavy atom. The van der Waals surface area contributed by atoms with Crippen LogP contribution >= 0.6 is 11.8 Å². The van der Waals surface area contributed by atoms with Crippen LogP contribution in [-0.4, -0.2) is 23.6 Å². The summed E-state index contributed by atoms with van der Waals surface area (Å²) in [5.74, 6) is 0.163. The van der Waals surface area contributed by atoms with Crippen LogP contribution in [0.3, 0.4) is 0 Å². The predicted octanol–water partition coefficient (Wildman–Crippen LogP) is 3.09. The van der Waals surface area contributed by atoms with Crippen molar-refractivity contribution in [3.8, 4) is 0 Å². The Hall–Kier alpha value is -0.960. The van der Waals surface area contributed by atoms with Crippen molar-refractivity contribution in [1.29, 1.82) is 0 Å². The molecular weight excluding hydrogens is 218 g/mol. The third-order valence-electron chi connectivity index (χ3n) is 3.05. The van der Waals surface area contributed by atoms with E-state index in [0.717, 1.165) is 23.4 Å². The zero-order chi connectivity index (χ0) is 11.5. The fourth-order valence-corrected chi connectivity index (χ4v) is 3.06. The van der Waals surface area contributed by atoms with Crippen molar-refractivity contribution in [2.75, 3.05) is 12.8 Å². The van der Waals surface area contributed by atoms with Crippen LogP contribution in [0.5, 0.6) is 0 Å².